The zero-order valence-corrected chi connectivity index (χ0v) is 10.5. The van der Waals surface area contributed by atoms with Crippen molar-refractivity contribution in [2.75, 3.05) is 13.1 Å². The first-order valence-electron chi connectivity index (χ1n) is 6.40. The summed E-state index contributed by atoms with van der Waals surface area (Å²) in [6.45, 7) is 4.07. The van der Waals surface area contributed by atoms with Gasteiger partial charge in [0.2, 0.25) is 0 Å². The summed E-state index contributed by atoms with van der Waals surface area (Å²) in [5, 5.41) is 7.44. The fraction of sp³-hybridized carbons (Fsp3) is 0.538. The number of rotatable bonds is 3. The predicted molar refractivity (Wildman–Crippen MR) is 66.0 cm³/mol. The third-order valence-corrected chi connectivity index (χ3v) is 3.32. The number of nitrogens with one attached hydrogen (secondary N) is 1. The van der Waals surface area contributed by atoms with E-state index in [9.17, 15) is 0 Å². The van der Waals surface area contributed by atoms with Crippen LogP contribution in [-0.2, 0) is 6.42 Å². The van der Waals surface area contributed by atoms with Crippen molar-refractivity contribution in [1.29, 1.82) is 0 Å². The van der Waals surface area contributed by atoms with Gasteiger partial charge in [0, 0.05) is 6.42 Å². The van der Waals surface area contributed by atoms with Gasteiger partial charge in [0.15, 0.2) is 5.82 Å². The summed E-state index contributed by atoms with van der Waals surface area (Å²) in [4.78, 5) is 4.42. The lowest BCUT2D eigenvalue weighted by molar-refractivity contribution is 0.359. The molecule has 0 aromatic carbocycles. The van der Waals surface area contributed by atoms with Crippen LogP contribution in [0.2, 0.25) is 0 Å². The second-order valence-corrected chi connectivity index (χ2v) is 4.88. The molecular formula is C13H17N3O2. The molecule has 5 nitrogen and oxygen atoms in total. The molecule has 2 aromatic heterocycles. The molecule has 0 spiro atoms. The van der Waals surface area contributed by atoms with E-state index in [1.807, 2.05) is 13.0 Å². The SMILES string of the molecule is Cc1cc(-c2nc(CC3CCCNC3)no2)co1. The molecular weight excluding hydrogens is 230 g/mol. The van der Waals surface area contributed by atoms with E-state index in [1.54, 1.807) is 6.26 Å². The summed E-state index contributed by atoms with van der Waals surface area (Å²) in [5.41, 5.74) is 0.855. The van der Waals surface area contributed by atoms with Crippen LogP contribution < -0.4 is 5.32 Å². The van der Waals surface area contributed by atoms with E-state index in [1.165, 1.54) is 12.8 Å². The van der Waals surface area contributed by atoms with E-state index in [4.69, 9.17) is 8.94 Å². The highest BCUT2D eigenvalue weighted by Gasteiger charge is 2.17. The molecule has 1 aliphatic heterocycles. The Bertz CT molecular complexity index is 512. The highest BCUT2D eigenvalue weighted by molar-refractivity contribution is 5.51. The van der Waals surface area contributed by atoms with Gasteiger partial charge in [-0.15, -0.1) is 0 Å². The third-order valence-electron chi connectivity index (χ3n) is 3.32. The van der Waals surface area contributed by atoms with E-state index in [0.717, 1.165) is 36.7 Å². The van der Waals surface area contributed by atoms with Crippen molar-refractivity contribution < 1.29 is 8.94 Å². The average Bonchev–Trinajstić information content (AvgIpc) is 2.99. The van der Waals surface area contributed by atoms with E-state index in [0.29, 0.717) is 11.8 Å². The Labute approximate surface area is 106 Å². The largest absolute Gasteiger partial charge is 0.469 e. The molecule has 3 heterocycles. The highest BCUT2D eigenvalue weighted by Crippen LogP contribution is 2.21. The molecule has 2 aromatic rings. The monoisotopic (exact) mass is 247 g/mol. The standard InChI is InChI=1S/C13H17N3O2/c1-9-5-11(8-17-9)13-15-12(16-18-13)6-10-3-2-4-14-7-10/h5,8,10,14H,2-4,6-7H2,1H3. The van der Waals surface area contributed by atoms with Crippen LogP contribution in [0.15, 0.2) is 21.3 Å². The molecule has 1 fully saturated rings. The molecule has 0 aliphatic carbocycles. The minimum absolute atomic E-state index is 0.547. The van der Waals surface area contributed by atoms with Crippen molar-refractivity contribution >= 4 is 0 Å². The topological polar surface area (TPSA) is 64.1 Å². The lowest BCUT2D eigenvalue weighted by Gasteiger charge is -2.20. The number of piperidine rings is 1. The van der Waals surface area contributed by atoms with Crippen LogP contribution in [0, 0.1) is 12.8 Å². The summed E-state index contributed by atoms with van der Waals surface area (Å²) in [5.74, 6) is 2.81. The van der Waals surface area contributed by atoms with Gasteiger partial charge >= 0.3 is 0 Å². The molecule has 18 heavy (non-hydrogen) atoms. The van der Waals surface area contributed by atoms with Crippen LogP contribution >= 0.6 is 0 Å². The Morgan fingerprint density at radius 3 is 3.17 bits per heavy atom. The van der Waals surface area contributed by atoms with E-state index in [-0.39, 0.29) is 0 Å². The van der Waals surface area contributed by atoms with E-state index < -0.39 is 0 Å². The zero-order chi connectivity index (χ0) is 12.4. The van der Waals surface area contributed by atoms with Crippen molar-refractivity contribution in [3.63, 3.8) is 0 Å². The number of hydrogen-bond donors (Lipinski definition) is 1. The molecule has 5 heteroatoms. The third kappa shape index (κ3) is 2.46. The number of furan rings is 1. The smallest absolute Gasteiger partial charge is 0.261 e. The molecule has 1 saturated heterocycles. The van der Waals surface area contributed by atoms with Gasteiger partial charge in [-0.05, 0) is 44.8 Å². The molecule has 1 atom stereocenters. The first-order chi connectivity index (χ1) is 8.81. The lowest BCUT2D eigenvalue weighted by Crippen LogP contribution is -2.31. The van der Waals surface area contributed by atoms with Crippen molar-refractivity contribution in [2.24, 2.45) is 5.92 Å². The van der Waals surface area contributed by atoms with Gasteiger partial charge in [0.05, 0.1) is 5.56 Å². The van der Waals surface area contributed by atoms with Crippen molar-refractivity contribution in [3.05, 3.63) is 23.9 Å². The Hall–Kier alpha value is -1.62. The van der Waals surface area contributed by atoms with Gasteiger partial charge in [0.1, 0.15) is 12.0 Å². The maximum absolute atomic E-state index is 5.26. The zero-order valence-electron chi connectivity index (χ0n) is 10.5. The summed E-state index contributed by atoms with van der Waals surface area (Å²) in [6.07, 6.45) is 5.00. The van der Waals surface area contributed by atoms with Gasteiger partial charge in [-0.1, -0.05) is 5.16 Å². The normalized spacial score (nSPS) is 20.2. The maximum Gasteiger partial charge on any atom is 0.261 e. The molecule has 1 unspecified atom stereocenters. The van der Waals surface area contributed by atoms with Crippen LogP contribution in [0.1, 0.15) is 24.4 Å². The minimum atomic E-state index is 0.547. The van der Waals surface area contributed by atoms with Gasteiger partial charge < -0.3 is 14.3 Å². The molecule has 96 valence electrons. The summed E-state index contributed by atoms with van der Waals surface area (Å²) in [7, 11) is 0. The quantitative estimate of drug-likeness (QED) is 0.900. The molecule has 1 aliphatic rings. The average molecular weight is 247 g/mol. The van der Waals surface area contributed by atoms with Crippen LogP contribution in [-0.4, -0.2) is 23.2 Å². The first-order valence-corrected chi connectivity index (χ1v) is 6.40. The first kappa shape index (κ1) is 11.5. The number of aryl methyl sites for hydroxylation is 1. The molecule has 0 bridgehead atoms. The van der Waals surface area contributed by atoms with Crippen molar-refractivity contribution in [3.8, 4) is 11.5 Å². The lowest BCUT2D eigenvalue weighted by atomic mass is 9.96. The Balaban J connectivity index is 1.69. The van der Waals surface area contributed by atoms with Crippen LogP contribution in [0.3, 0.4) is 0 Å². The van der Waals surface area contributed by atoms with Crippen molar-refractivity contribution in [2.45, 2.75) is 26.2 Å². The summed E-state index contributed by atoms with van der Waals surface area (Å²) < 4.78 is 10.5. The van der Waals surface area contributed by atoms with Crippen molar-refractivity contribution in [1.82, 2.24) is 15.5 Å². The Morgan fingerprint density at radius 1 is 1.50 bits per heavy atom. The van der Waals surface area contributed by atoms with Crippen LogP contribution in [0.25, 0.3) is 11.5 Å². The minimum Gasteiger partial charge on any atom is -0.469 e. The predicted octanol–water partition coefficient (Wildman–Crippen LogP) is 2.18. The number of hydrogen-bond acceptors (Lipinski definition) is 5. The second kappa shape index (κ2) is 4.94. The van der Waals surface area contributed by atoms with Gasteiger partial charge in [0.25, 0.3) is 5.89 Å². The molecule has 0 saturated carbocycles. The summed E-state index contributed by atoms with van der Waals surface area (Å²) in [6, 6.07) is 1.90. The van der Waals surface area contributed by atoms with Gasteiger partial charge in [-0.3, -0.25) is 0 Å². The molecule has 0 radical (unpaired) electrons. The Kier molecular flexibility index (Phi) is 3.15. The van der Waals surface area contributed by atoms with E-state index >= 15 is 0 Å². The molecule has 0 amide bonds. The molecule has 3 rings (SSSR count). The number of nitrogens with zero attached hydrogens (tertiary/aromatic N) is 2. The summed E-state index contributed by atoms with van der Waals surface area (Å²) >= 11 is 0. The fourth-order valence-corrected chi connectivity index (χ4v) is 2.37. The van der Waals surface area contributed by atoms with Crippen LogP contribution in [0.4, 0.5) is 0 Å². The Morgan fingerprint density at radius 2 is 2.44 bits per heavy atom. The fourth-order valence-electron chi connectivity index (χ4n) is 2.37. The maximum atomic E-state index is 5.26. The number of aromatic nitrogens is 2. The second-order valence-electron chi connectivity index (χ2n) is 4.88. The van der Waals surface area contributed by atoms with Crippen LogP contribution in [0.5, 0.6) is 0 Å². The van der Waals surface area contributed by atoms with Gasteiger partial charge in [-0.2, -0.15) is 4.98 Å². The van der Waals surface area contributed by atoms with E-state index in [2.05, 4.69) is 15.5 Å². The molecule has 1 N–H and O–H groups in total. The highest BCUT2D eigenvalue weighted by atomic mass is 16.5. The van der Waals surface area contributed by atoms with Gasteiger partial charge in [-0.25, -0.2) is 0 Å².